The van der Waals surface area contributed by atoms with Crippen LogP contribution < -0.4 is 0 Å². The number of furan rings is 1. The molecule has 0 fully saturated rings. The Morgan fingerprint density at radius 3 is 2.90 bits per heavy atom. The normalized spacial score (nSPS) is 13.0. The van der Waals surface area contributed by atoms with Crippen LogP contribution in [0.1, 0.15) is 17.6 Å². The Labute approximate surface area is 125 Å². The number of pyridine rings is 1. The van der Waals surface area contributed by atoms with E-state index in [-0.39, 0.29) is 0 Å². The maximum Gasteiger partial charge on any atom is 0.155 e. The first-order valence-electron chi connectivity index (χ1n) is 6.52. The zero-order valence-corrected chi connectivity index (χ0v) is 11.7. The van der Waals surface area contributed by atoms with Crippen LogP contribution in [-0.4, -0.2) is 14.5 Å². The van der Waals surface area contributed by atoms with Crippen LogP contribution in [0.3, 0.4) is 0 Å². The summed E-state index contributed by atoms with van der Waals surface area (Å²) in [4.78, 5) is 4.40. The molecule has 1 unspecified atom stereocenters. The fourth-order valence-corrected chi connectivity index (χ4v) is 2.63. The first-order chi connectivity index (χ1) is 10.2. The van der Waals surface area contributed by atoms with Gasteiger partial charge >= 0.3 is 0 Å². The van der Waals surface area contributed by atoms with Gasteiger partial charge in [-0.3, -0.25) is 0 Å². The molecule has 4 rings (SSSR count). The van der Waals surface area contributed by atoms with Gasteiger partial charge in [0.05, 0.1) is 10.7 Å². The minimum atomic E-state index is -0.923. The number of imidazole rings is 1. The van der Waals surface area contributed by atoms with Crippen molar-refractivity contribution < 1.29 is 9.52 Å². The molecule has 0 spiro atoms. The van der Waals surface area contributed by atoms with E-state index in [4.69, 9.17) is 16.0 Å². The standard InChI is InChI=1S/C16H11ClN2O2/c17-11-5-3-4-10-8-13(21-16(10)11)15(20)12-9-19-7-2-1-6-14(19)18-12/h1-9,15,20H. The molecule has 1 aromatic carbocycles. The molecule has 0 radical (unpaired) electrons. The number of halogens is 1. The number of nitrogens with zero attached hydrogens (tertiary/aromatic N) is 2. The molecule has 0 aliphatic carbocycles. The summed E-state index contributed by atoms with van der Waals surface area (Å²) in [5.41, 5.74) is 1.90. The third-order valence-electron chi connectivity index (χ3n) is 3.45. The second-order valence-corrected chi connectivity index (χ2v) is 5.25. The van der Waals surface area contributed by atoms with Gasteiger partial charge in [-0.05, 0) is 24.3 Å². The van der Waals surface area contributed by atoms with Crippen molar-refractivity contribution in [3.8, 4) is 0 Å². The Hall–Kier alpha value is -2.30. The van der Waals surface area contributed by atoms with E-state index in [1.807, 2.05) is 40.9 Å². The predicted octanol–water partition coefficient (Wildman–Crippen LogP) is 3.82. The summed E-state index contributed by atoms with van der Waals surface area (Å²) in [6.45, 7) is 0. The second-order valence-electron chi connectivity index (χ2n) is 4.84. The SMILES string of the molecule is OC(c1cn2ccccc2n1)c1cc2cccc(Cl)c2o1. The fourth-order valence-electron chi connectivity index (χ4n) is 2.41. The largest absolute Gasteiger partial charge is 0.456 e. The molecule has 1 N–H and O–H groups in total. The summed E-state index contributed by atoms with van der Waals surface area (Å²) in [7, 11) is 0. The molecule has 21 heavy (non-hydrogen) atoms. The molecule has 4 aromatic rings. The van der Waals surface area contributed by atoms with Crippen LogP contribution in [0, 0.1) is 0 Å². The predicted molar refractivity (Wildman–Crippen MR) is 80.5 cm³/mol. The summed E-state index contributed by atoms with van der Waals surface area (Å²) in [6, 6.07) is 13.0. The number of benzene rings is 1. The lowest BCUT2D eigenvalue weighted by Crippen LogP contribution is -1.97. The Kier molecular flexibility index (Phi) is 2.74. The second kappa shape index (κ2) is 4.62. The van der Waals surface area contributed by atoms with Crippen molar-refractivity contribution in [2.45, 2.75) is 6.10 Å². The minimum Gasteiger partial charge on any atom is -0.456 e. The molecule has 0 saturated carbocycles. The van der Waals surface area contributed by atoms with E-state index in [0.717, 1.165) is 11.0 Å². The highest BCUT2D eigenvalue weighted by molar-refractivity contribution is 6.34. The van der Waals surface area contributed by atoms with Gasteiger partial charge in [-0.25, -0.2) is 4.98 Å². The summed E-state index contributed by atoms with van der Waals surface area (Å²) in [5.74, 6) is 0.432. The topological polar surface area (TPSA) is 50.7 Å². The van der Waals surface area contributed by atoms with Gasteiger partial charge in [0.2, 0.25) is 0 Å². The third-order valence-corrected chi connectivity index (χ3v) is 3.75. The van der Waals surface area contributed by atoms with Crippen molar-refractivity contribution in [3.05, 3.63) is 71.3 Å². The van der Waals surface area contributed by atoms with Crippen LogP contribution in [-0.2, 0) is 0 Å². The van der Waals surface area contributed by atoms with Crippen molar-refractivity contribution in [2.24, 2.45) is 0 Å². The quantitative estimate of drug-likeness (QED) is 0.612. The zero-order chi connectivity index (χ0) is 14.4. The van der Waals surface area contributed by atoms with E-state index < -0.39 is 6.10 Å². The van der Waals surface area contributed by atoms with Gasteiger partial charge in [0, 0.05) is 17.8 Å². The average Bonchev–Trinajstić information content (AvgIpc) is 3.11. The van der Waals surface area contributed by atoms with Gasteiger partial charge in [-0.2, -0.15) is 0 Å². The summed E-state index contributed by atoms with van der Waals surface area (Å²) in [6.07, 6.45) is 2.75. The molecular weight excluding hydrogens is 288 g/mol. The molecule has 3 heterocycles. The van der Waals surface area contributed by atoms with E-state index in [1.54, 1.807) is 18.3 Å². The van der Waals surface area contributed by atoms with Crippen LogP contribution in [0.2, 0.25) is 5.02 Å². The fraction of sp³-hybridized carbons (Fsp3) is 0.0625. The molecule has 3 aromatic heterocycles. The van der Waals surface area contributed by atoms with E-state index in [1.165, 1.54) is 0 Å². The third kappa shape index (κ3) is 2.00. The van der Waals surface area contributed by atoms with Gasteiger partial charge in [0.1, 0.15) is 11.4 Å². The molecule has 104 valence electrons. The molecule has 5 heteroatoms. The van der Waals surface area contributed by atoms with Crippen molar-refractivity contribution in [1.29, 1.82) is 0 Å². The Morgan fingerprint density at radius 2 is 2.10 bits per heavy atom. The van der Waals surface area contributed by atoms with Gasteiger partial charge in [-0.15, -0.1) is 0 Å². The number of aliphatic hydroxyl groups is 1. The Balaban J connectivity index is 1.81. The smallest absolute Gasteiger partial charge is 0.155 e. The highest BCUT2D eigenvalue weighted by Gasteiger charge is 2.19. The van der Waals surface area contributed by atoms with Crippen LogP contribution >= 0.6 is 11.6 Å². The van der Waals surface area contributed by atoms with Gasteiger partial charge in [0.25, 0.3) is 0 Å². The molecule has 0 aliphatic rings. The average molecular weight is 299 g/mol. The number of hydrogen-bond acceptors (Lipinski definition) is 3. The summed E-state index contributed by atoms with van der Waals surface area (Å²) >= 11 is 6.09. The molecular formula is C16H11ClN2O2. The minimum absolute atomic E-state index is 0.432. The van der Waals surface area contributed by atoms with Crippen molar-refractivity contribution >= 4 is 28.2 Å². The van der Waals surface area contributed by atoms with Crippen molar-refractivity contribution in [2.75, 3.05) is 0 Å². The number of aliphatic hydroxyl groups excluding tert-OH is 1. The maximum absolute atomic E-state index is 10.5. The van der Waals surface area contributed by atoms with Crippen molar-refractivity contribution in [3.63, 3.8) is 0 Å². The van der Waals surface area contributed by atoms with E-state index in [0.29, 0.717) is 22.1 Å². The molecule has 4 nitrogen and oxygen atoms in total. The summed E-state index contributed by atoms with van der Waals surface area (Å²) in [5, 5.41) is 11.9. The van der Waals surface area contributed by atoms with Crippen LogP contribution in [0.25, 0.3) is 16.6 Å². The molecule has 0 saturated heterocycles. The lowest BCUT2D eigenvalue weighted by Gasteiger charge is -2.02. The maximum atomic E-state index is 10.5. The highest BCUT2D eigenvalue weighted by atomic mass is 35.5. The zero-order valence-electron chi connectivity index (χ0n) is 10.9. The Bertz CT molecular complexity index is 909. The number of fused-ring (bicyclic) bond motifs is 2. The van der Waals surface area contributed by atoms with Gasteiger partial charge in [-0.1, -0.05) is 29.8 Å². The van der Waals surface area contributed by atoms with Gasteiger partial charge in [0.15, 0.2) is 11.7 Å². The molecule has 0 bridgehead atoms. The molecule has 0 amide bonds. The van der Waals surface area contributed by atoms with Gasteiger partial charge < -0.3 is 13.9 Å². The highest BCUT2D eigenvalue weighted by Crippen LogP contribution is 2.31. The number of para-hydroxylation sites is 1. The monoisotopic (exact) mass is 298 g/mol. The number of aromatic nitrogens is 2. The first kappa shape index (κ1) is 12.4. The molecule has 1 atom stereocenters. The Morgan fingerprint density at radius 1 is 1.19 bits per heavy atom. The number of hydrogen-bond donors (Lipinski definition) is 1. The van der Waals surface area contributed by atoms with Crippen LogP contribution in [0.5, 0.6) is 0 Å². The van der Waals surface area contributed by atoms with E-state index in [2.05, 4.69) is 4.98 Å². The lowest BCUT2D eigenvalue weighted by atomic mass is 10.2. The number of rotatable bonds is 2. The molecule has 0 aliphatic heterocycles. The van der Waals surface area contributed by atoms with Crippen molar-refractivity contribution in [1.82, 2.24) is 9.38 Å². The van der Waals surface area contributed by atoms with E-state index in [9.17, 15) is 5.11 Å². The van der Waals surface area contributed by atoms with Crippen LogP contribution in [0.15, 0.2) is 59.3 Å². The summed E-state index contributed by atoms with van der Waals surface area (Å²) < 4.78 is 7.54. The lowest BCUT2D eigenvalue weighted by molar-refractivity contribution is 0.188. The van der Waals surface area contributed by atoms with E-state index >= 15 is 0 Å². The first-order valence-corrected chi connectivity index (χ1v) is 6.90. The van der Waals surface area contributed by atoms with Crippen LogP contribution in [0.4, 0.5) is 0 Å².